The monoisotopic (exact) mass is 442 g/mol. The SMILES string of the molecule is COc1ccc(NC(=O)CC[C@@H]2CCCN(C(=O)Cc3csc(C(C)=O)c3)C2)c(C)c1. The zero-order valence-corrected chi connectivity index (χ0v) is 19.2. The van der Waals surface area contributed by atoms with Crippen molar-refractivity contribution in [2.45, 2.75) is 46.0 Å². The van der Waals surface area contributed by atoms with E-state index in [1.807, 2.05) is 41.5 Å². The number of piperidine rings is 1. The standard InChI is InChI=1S/C24H30N2O4S/c1-16-11-20(30-3)7-8-21(16)25-23(28)9-6-18-5-4-10-26(14-18)24(29)13-19-12-22(17(2)27)31-15-19/h7-8,11-12,15,18H,4-6,9-10,13-14H2,1-3H3,(H,25,28)/t18-/m0/s1. The van der Waals surface area contributed by atoms with Crippen LogP contribution in [0.3, 0.4) is 0 Å². The van der Waals surface area contributed by atoms with Crippen LogP contribution in [0.2, 0.25) is 0 Å². The van der Waals surface area contributed by atoms with E-state index in [9.17, 15) is 14.4 Å². The van der Waals surface area contributed by atoms with Gasteiger partial charge in [-0.25, -0.2) is 0 Å². The number of rotatable bonds is 8. The minimum Gasteiger partial charge on any atom is -0.497 e. The van der Waals surface area contributed by atoms with Crippen molar-refractivity contribution < 1.29 is 19.1 Å². The van der Waals surface area contributed by atoms with Crippen molar-refractivity contribution in [3.05, 3.63) is 45.6 Å². The molecule has 1 aliphatic rings. The lowest BCUT2D eigenvalue weighted by molar-refractivity contribution is -0.132. The Morgan fingerprint density at radius 3 is 2.74 bits per heavy atom. The number of amides is 2. The van der Waals surface area contributed by atoms with Gasteiger partial charge in [0.15, 0.2) is 5.78 Å². The largest absolute Gasteiger partial charge is 0.497 e. The summed E-state index contributed by atoms with van der Waals surface area (Å²) < 4.78 is 5.20. The van der Waals surface area contributed by atoms with E-state index in [2.05, 4.69) is 5.32 Å². The number of methoxy groups -OCH3 is 1. The van der Waals surface area contributed by atoms with Gasteiger partial charge in [0.1, 0.15) is 5.75 Å². The third-order valence-corrected chi connectivity index (χ3v) is 6.79. The number of carbonyl (C=O) groups is 3. The first-order chi connectivity index (χ1) is 14.9. The number of nitrogens with one attached hydrogen (secondary N) is 1. The van der Waals surface area contributed by atoms with Crippen molar-refractivity contribution in [3.8, 4) is 5.75 Å². The van der Waals surface area contributed by atoms with Gasteiger partial charge in [-0.2, -0.15) is 0 Å². The number of thiophene rings is 1. The van der Waals surface area contributed by atoms with E-state index in [1.54, 1.807) is 14.0 Å². The molecule has 1 atom stereocenters. The number of ether oxygens (including phenoxy) is 1. The summed E-state index contributed by atoms with van der Waals surface area (Å²) in [4.78, 5) is 39.2. The smallest absolute Gasteiger partial charge is 0.227 e. The zero-order valence-electron chi connectivity index (χ0n) is 18.4. The van der Waals surface area contributed by atoms with E-state index in [1.165, 1.54) is 11.3 Å². The Hall–Kier alpha value is -2.67. The molecule has 0 saturated carbocycles. The molecule has 7 heteroatoms. The highest BCUT2D eigenvalue weighted by Crippen LogP contribution is 2.24. The van der Waals surface area contributed by atoms with Gasteiger partial charge in [0.05, 0.1) is 18.4 Å². The van der Waals surface area contributed by atoms with Crippen LogP contribution in [0.25, 0.3) is 0 Å². The summed E-state index contributed by atoms with van der Waals surface area (Å²) in [6.45, 7) is 4.93. The second-order valence-electron chi connectivity index (χ2n) is 8.17. The van der Waals surface area contributed by atoms with Crippen molar-refractivity contribution in [3.63, 3.8) is 0 Å². The van der Waals surface area contributed by atoms with Gasteiger partial charge in [0, 0.05) is 25.2 Å². The lowest BCUT2D eigenvalue weighted by Crippen LogP contribution is -2.40. The summed E-state index contributed by atoms with van der Waals surface area (Å²) in [6, 6.07) is 7.40. The Balaban J connectivity index is 1.47. The van der Waals surface area contributed by atoms with Gasteiger partial charge >= 0.3 is 0 Å². The molecule has 3 rings (SSSR count). The summed E-state index contributed by atoms with van der Waals surface area (Å²) >= 11 is 1.39. The Labute approximate surface area is 187 Å². The van der Waals surface area contributed by atoms with E-state index in [4.69, 9.17) is 4.74 Å². The molecule has 2 heterocycles. The maximum atomic E-state index is 12.7. The predicted molar refractivity (Wildman–Crippen MR) is 123 cm³/mol. The van der Waals surface area contributed by atoms with Gasteiger partial charge in [-0.15, -0.1) is 11.3 Å². The molecule has 0 bridgehead atoms. The lowest BCUT2D eigenvalue weighted by Gasteiger charge is -2.33. The second kappa shape index (κ2) is 10.6. The minimum absolute atomic E-state index is 0.00764. The molecule has 2 aromatic rings. The van der Waals surface area contributed by atoms with E-state index in [-0.39, 0.29) is 17.6 Å². The molecule has 166 valence electrons. The van der Waals surface area contributed by atoms with Crippen LogP contribution in [0, 0.1) is 12.8 Å². The van der Waals surface area contributed by atoms with Crippen LogP contribution in [0.1, 0.15) is 53.4 Å². The molecule has 1 N–H and O–H groups in total. The number of aryl methyl sites for hydroxylation is 1. The van der Waals surface area contributed by atoms with Crippen LogP contribution < -0.4 is 10.1 Å². The summed E-state index contributed by atoms with van der Waals surface area (Å²) in [7, 11) is 1.62. The highest BCUT2D eigenvalue weighted by Gasteiger charge is 2.24. The van der Waals surface area contributed by atoms with Crippen molar-refractivity contribution in [2.24, 2.45) is 5.92 Å². The molecule has 1 aromatic heterocycles. The van der Waals surface area contributed by atoms with Crippen molar-refractivity contribution >= 4 is 34.6 Å². The highest BCUT2D eigenvalue weighted by atomic mass is 32.1. The number of hydrogen-bond acceptors (Lipinski definition) is 5. The third-order valence-electron chi connectivity index (χ3n) is 5.72. The molecule has 1 aliphatic heterocycles. The van der Waals surface area contributed by atoms with E-state index < -0.39 is 0 Å². The van der Waals surface area contributed by atoms with Gasteiger partial charge < -0.3 is 15.0 Å². The van der Waals surface area contributed by atoms with Crippen LogP contribution in [0.4, 0.5) is 5.69 Å². The van der Waals surface area contributed by atoms with Crippen molar-refractivity contribution in [1.82, 2.24) is 4.90 Å². The molecular formula is C24H30N2O4S. The number of ketones is 1. The maximum absolute atomic E-state index is 12.7. The number of Topliss-reactive ketones (excluding diaryl/α,β-unsaturated/α-hetero) is 1. The van der Waals surface area contributed by atoms with Gasteiger partial charge in [-0.1, -0.05) is 0 Å². The molecule has 1 aromatic carbocycles. The molecule has 2 amide bonds. The fraction of sp³-hybridized carbons (Fsp3) is 0.458. The Kier molecular flexibility index (Phi) is 7.85. The molecule has 0 unspecified atom stereocenters. The van der Waals surface area contributed by atoms with E-state index in [0.29, 0.717) is 30.2 Å². The van der Waals surface area contributed by atoms with Crippen molar-refractivity contribution in [2.75, 3.05) is 25.5 Å². The Morgan fingerprint density at radius 2 is 2.06 bits per heavy atom. The lowest BCUT2D eigenvalue weighted by atomic mass is 9.93. The van der Waals surface area contributed by atoms with Crippen LogP contribution in [-0.2, 0) is 16.0 Å². The molecule has 0 radical (unpaired) electrons. The second-order valence-corrected chi connectivity index (χ2v) is 9.08. The fourth-order valence-electron chi connectivity index (χ4n) is 3.92. The molecule has 0 aliphatic carbocycles. The first kappa shape index (κ1) is 23.0. The first-order valence-electron chi connectivity index (χ1n) is 10.7. The number of likely N-dealkylation sites (tertiary alicyclic amines) is 1. The molecular weight excluding hydrogens is 412 g/mol. The fourth-order valence-corrected chi connectivity index (χ4v) is 4.73. The normalized spacial score (nSPS) is 16.1. The number of benzene rings is 1. The quantitative estimate of drug-likeness (QED) is 0.612. The van der Waals surface area contributed by atoms with Crippen LogP contribution >= 0.6 is 11.3 Å². The summed E-state index contributed by atoms with van der Waals surface area (Å²) in [5, 5.41) is 4.87. The predicted octanol–water partition coefficient (Wildman–Crippen LogP) is 4.47. The third kappa shape index (κ3) is 6.40. The molecule has 0 spiro atoms. The Bertz CT molecular complexity index is 953. The zero-order chi connectivity index (χ0) is 22.4. The molecule has 6 nitrogen and oxygen atoms in total. The maximum Gasteiger partial charge on any atom is 0.227 e. The number of hydrogen-bond donors (Lipinski definition) is 1. The topological polar surface area (TPSA) is 75.7 Å². The molecule has 1 saturated heterocycles. The summed E-state index contributed by atoms with van der Waals surface area (Å²) in [5.74, 6) is 1.21. The van der Waals surface area contributed by atoms with E-state index in [0.717, 1.165) is 48.4 Å². The highest BCUT2D eigenvalue weighted by molar-refractivity contribution is 7.12. The molecule has 31 heavy (non-hydrogen) atoms. The van der Waals surface area contributed by atoms with Crippen LogP contribution in [-0.4, -0.2) is 42.7 Å². The van der Waals surface area contributed by atoms with Gasteiger partial charge in [0.25, 0.3) is 0 Å². The Morgan fingerprint density at radius 1 is 1.26 bits per heavy atom. The van der Waals surface area contributed by atoms with Crippen LogP contribution in [0.5, 0.6) is 5.75 Å². The van der Waals surface area contributed by atoms with Gasteiger partial charge in [0.2, 0.25) is 11.8 Å². The van der Waals surface area contributed by atoms with Gasteiger partial charge in [-0.05, 0) is 79.8 Å². The average Bonchev–Trinajstić information content (AvgIpc) is 3.23. The van der Waals surface area contributed by atoms with Gasteiger partial charge in [-0.3, -0.25) is 14.4 Å². The van der Waals surface area contributed by atoms with E-state index >= 15 is 0 Å². The number of nitrogens with zero attached hydrogens (tertiary/aromatic N) is 1. The summed E-state index contributed by atoms with van der Waals surface area (Å²) in [5.41, 5.74) is 2.66. The summed E-state index contributed by atoms with van der Waals surface area (Å²) in [6.07, 6.45) is 3.51. The number of carbonyl (C=O) groups excluding carboxylic acids is 3. The minimum atomic E-state index is -0.00764. The first-order valence-corrected chi connectivity index (χ1v) is 11.5. The van der Waals surface area contributed by atoms with Crippen LogP contribution in [0.15, 0.2) is 29.6 Å². The average molecular weight is 443 g/mol. The number of anilines is 1. The van der Waals surface area contributed by atoms with Crippen molar-refractivity contribution in [1.29, 1.82) is 0 Å². The molecule has 1 fully saturated rings.